The Labute approximate surface area is 125 Å². The summed E-state index contributed by atoms with van der Waals surface area (Å²) in [6.45, 7) is 2.10. The lowest BCUT2D eigenvalue weighted by molar-refractivity contribution is 0.251. The van der Waals surface area contributed by atoms with Crippen LogP contribution in [0.25, 0.3) is 0 Å². The Morgan fingerprint density at radius 2 is 1.52 bits per heavy atom. The second-order valence-electron chi connectivity index (χ2n) is 5.09. The second kappa shape index (κ2) is 6.31. The number of benzene rings is 2. The summed E-state index contributed by atoms with van der Waals surface area (Å²) in [7, 11) is 0. The van der Waals surface area contributed by atoms with Gasteiger partial charge in [-0.15, -0.1) is 0 Å². The van der Waals surface area contributed by atoms with Crippen LogP contribution in [0, 0.1) is 0 Å². The van der Waals surface area contributed by atoms with Crippen LogP contribution in [-0.4, -0.2) is 6.10 Å². The van der Waals surface area contributed by atoms with Gasteiger partial charge in [-0.05, 0) is 49.4 Å². The quantitative estimate of drug-likeness (QED) is 0.771. The van der Waals surface area contributed by atoms with E-state index in [1.54, 1.807) is 0 Å². The van der Waals surface area contributed by atoms with Crippen molar-refractivity contribution in [2.75, 3.05) is 0 Å². The maximum Gasteiger partial charge on any atom is 0.127 e. The molecule has 1 atom stereocenters. The fourth-order valence-corrected chi connectivity index (χ4v) is 2.18. The van der Waals surface area contributed by atoms with Crippen LogP contribution in [-0.2, 0) is 0 Å². The van der Waals surface area contributed by atoms with Gasteiger partial charge in [0.1, 0.15) is 23.4 Å². The SMILES string of the molecule is CC1=CCC(Oc2ccc(Oc3ccccc3)cc2)C=C1. The first-order valence-electron chi connectivity index (χ1n) is 7.14. The van der Waals surface area contributed by atoms with Crippen LogP contribution in [0.15, 0.2) is 78.4 Å². The van der Waals surface area contributed by atoms with Crippen LogP contribution in [0.4, 0.5) is 0 Å². The molecule has 0 amide bonds. The molecular weight excluding hydrogens is 260 g/mol. The standard InChI is InChI=1S/C19H18O2/c1-15-7-9-17(10-8-15)21-19-13-11-18(12-14-19)20-16-5-3-2-4-6-16/h2-9,11-14,17H,10H2,1H3. The maximum atomic E-state index is 5.92. The third-order valence-corrected chi connectivity index (χ3v) is 3.34. The Hall–Kier alpha value is -2.48. The van der Waals surface area contributed by atoms with Gasteiger partial charge in [0.2, 0.25) is 0 Å². The molecule has 0 bridgehead atoms. The van der Waals surface area contributed by atoms with Crippen molar-refractivity contribution >= 4 is 0 Å². The van der Waals surface area contributed by atoms with Gasteiger partial charge in [-0.3, -0.25) is 0 Å². The third-order valence-electron chi connectivity index (χ3n) is 3.34. The molecule has 2 aromatic carbocycles. The molecule has 21 heavy (non-hydrogen) atoms. The normalized spacial score (nSPS) is 17.2. The van der Waals surface area contributed by atoms with Gasteiger partial charge in [0, 0.05) is 6.42 Å². The molecule has 0 spiro atoms. The van der Waals surface area contributed by atoms with E-state index < -0.39 is 0 Å². The predicted octanol–water partition coefficient (Wildman–Crippen LogP) is 5.13. The molecule has 2 aromatic rings. The number of rotatable bonds is 4. The smallest absolute Gasteiger partial charge is 0.127 e. The van der Waals surface area contributed by atoms with Gasteiger partial charge in [-0.2, -0.15) is 0 Å². The first-order chi connectivity index (χ1) is 10.3. The lowest BCUT2D eigenvalue weighted by atomic mass is 10.1. The highest BCUT2D eigenvalue weighted by Gasteiger charge is 2.08. The van der Waals surface area contributed by atoms with E-state index in [2.05, 4.69) is 25.2 Å². The van der Waals surface area contributed by atoms with E-state index >= 15 is 0 Å². The molecule has 2 nitrogen and oxygen atoms in total. The van der Waals surface area contributed by atoms with E-state index in [0.29, 0.717) is 0 Å². The molecule has 2 heteroatoms. The zero-order valence-electron chi connectivity index (χ0n) is 12.0. The van der Waals surface area contributed by atoms with Gasteiger partial charge in [0.15, 0.2) is 0 Å². The summed E-state index contributed by atoms with van der Waals surface area (Å²) in [5.74, 6) is 2.50. The minimum absolute atomic E-state index is 0.120. The van der Waals surface area contributed by atoms with Crippen molar-refractivity contribution in [1.82, 2.24) is 0 Å². The molecule has 0 radical (unpaired) electrons. The molecule has 0 aliphatic heterocycles. The fourth-order valence-electron chi connectivity index (χ4n) is 2.18. The summed E-state index contributed by atoms with van der Waals surface area (Å²) >= 11 is 0. The molecule has 106 valence electrons. The van der Waals surface area contributed by atoms with Gasteiger partial charge < -0.3 is 9.47 Å². The van der Waals surface area contributed by atoms with Crippen molar-refractivity contribution in [3.63, 3.8) is 0 Å². The van der Waals surface area contributed by atoms with E-state index in [1.807, 2.05) is 54.6 Å². The van der Waals surface area contributed by atoms with Gasteiger partial charge >= 0.3 is 0 Å². The highest BCUT2D eigenvalue weighted by atomic mass is 16.5. The van der Waals surface area contributed by atoms with Crippen LogP contribution in [0.2, 0.25) is 0 Å². The summed E-state index contributed by atoms with van der Waals surface area (Å²) < 4.78 is 11.7. The van der Waals surface area contributed by atoms with Crippen molar-refractivity contribution < 1.29 is 9.47 Å². The third kappa shape index (κ3) is 3.76. The van der Waals surface area contributed by atoms with E-state index in [-0.39, 0.29) is 6.10 Å². The molecule has 1 aliphatic rings. The average Bonchev–Trinajstić information content (AvgIpc) is 2.53. The molecule has 0 N–H and O–H groups in total. The van der Waals surface area contributed by atoms with E-state index in [9.17, 15) is 0 Å². The second-order valence-corrected chi connectivity index (χ2v) is 5.09. The molecule has 0 heterocycles. The molecule has 1 aliphatic carbocycles. The largest absolute Gasteiger partial charge is 0.486 e. The molecule has 3 rings (SSSR count). The van der Waals surface area contributed by atoms with Crippen LogP contribution in [0.5, 0.6) is 17.2 Å². The van der Waals surface area contributed by atoms with Gasteiger partial charge in [-0.1, -0.05) is 35.9 Å². The van der Waals surface area contributed by atoms with Crippen LogP contribution in [0.1, 0.15) is 13.3 Å². The Kier molecular flexibility index (Phi) is 4.06. The van der Waals surface area contributed by atoms with E-state index in [1.165, 1.54) is 5.57 Å². The molecular formula is C19H18O2. The summed E-state index contributed by atoms with van der Waals surface area (Å²) in [6, 6.07) is 17.5. The lowest BCUT2D eigenvalue weighted by Gasteiger charge is -2.17. The number of hydrogen-bond acceptors (Lipinski definition) is 2. The highest BCUT2D eigenvalue weighted by molar-refractivity contribution is 5.35. The van der Waals surface area contributed by atoms with Crippen molar-refractivity contribution in [2.45, 2.75) is 19.4 Å². The summed E-state index contributed by atoms with van der Waals surface area (Å²) in [5.41, 5.74) is 1.29. The van der Waals surface area contributed by atoms with E-state index in [0.717, 1.165) is 23.7 Å². The van der Waals surface area contributed by atoms with E-state index in [4.69, 9.17) is 9.47 Å². The van der Waals surface area contributed by atoms with Gasteiger partial charge in [-0.25, -0.2) is 0 Å². The summed E-state index contributed by atoms with van der Waals surface area (Å²) in [4.78, 5) is 0. The number of hydrogen-bond donors (Lipinski definition) is 0. The predicted molar refractivity (Wildman–Crippen MR) is 84.9 cm³/mol. The topological polar surface area (TPSA) is 18.5 Å². The number of allylic oxidation sites excluding steroid dienone is 2. The monoisotopic (exact) mass is 278 g/mol. The number of ether oxygens (including phenoxy) is 2. The lowest BCUT2D eigenvalue weighted by Crippen LogP contribution is -2.14. The Balaban J connectivity index is 1.61. The molecule has 0 saturated heterocycles. The zero-order valence-corrected chi connectivity index (χ0v) is 12.0. The van der Waals surface area contributed by atoms with Crippen molar-refractivity contribution in [3.8, 4) is 17.2 Å². The Morgan fingerprint density at radius 1 is 0.857 bits per heavy atom. The van der Waals surface area contributed by atoms with Crippen molar-refractivity contribution in [2.24, 2.45) is 0 Å². The molecule has 1 unspecified atom stereocenters. The van der Waals surface area contributed by atoms with Gasteiger partial charge in [0.05, 0.1) is 0 Å². The zero-order chi connectivity index (χ0) is 14.5. The van der Waals surface area contributed by atoms with Crippen molar-refractivity contribution in [3.05, 3.63) is 78.4 Å². The minimum Gasteiger partial charge on any atom is -0.486 e. The Bertz CT molecular complexity index is 639. The minimum atomic E-state index is 0.120. The summed E-state index contributed by atoms with van der Waals surface area (Å²) in [5, 5.41) is 0. The molecule has 0 fully saturated rings. The van der Waals surface area contributed by atoms with Crippen LogP contribution in [0.3, 0.4) is 0 Å². The van der Waals surface area contributed by atoms with Crippen LogP contribution >= 0.6 is 0 Å². The fraction of sp³-hybridized carbons (Fsp3) is 0.158. The van der Waals surface area contributed by atoms with Crippen LogP contribution < -0.4 is 9.47 Å². The molecule has 0 aromatic heterocycles. The summed E-state index contributed by atoms with van der Waals surface area (Å²) in [6.07, 6.45) is 7.43. The van der Waals surface area contributed by atoms with Crippen molar-refractivity contribution in [1.29, 1.82) is 0 Å². The molecule has 0 saturated carbocycles. The number of para-hydroxylation sites is 1. The first-order valence-corrected chi connectivity index (χ1v) is 7.14. The highest BCUT2D eigenvalue weighted by Crippen LogP contribution is 2.25. The average molecular weight is 278 g/mol. The van der Waals surface area contributed by atoms with Gasteiger partial charge in [0.25, 0.3) is 0 Å². The maximum absolute atomic E-state index is 5.92. The first kappa shape index (κ1) is 13.5. The Morgan fingerprint density at radius 3 is 2.19 bits per heavy atom.